The van der Waals surface area contributed by atoms with Crippen molar-refractivity contribution in [2.75, 3.05) is 26.6 Å². The topological polar surface area (TPSA) is 98.8 Å². The van der Waals surface area contributed by atoms with Gasteiger partial charge < -0.3 is 19.5 Å². The van der Waals surface area contributed by atoms with Crippen LogP contribution in [0, 0.1) is 0 Å². The highest BCUT2D eigenvalue weighted by Crippen LogP contribution is 2.28. The summed E-state index contributed by atoms with van der Waals surface area (Å²) in [7, 11) is 4.63. The highest BCUT2D eigenvalue weighted by atomic mass is 32.1. The quantitative estimate of drug-likeness (QED) is 0.529. The lowest BCUT2D eigenvalue weighted by Crippen LogP contribution is -2.25. The largest absolute Gasteiger partial charge is 0.496 e. The van der Waals surface area contributed by atoms with Crippen molar-refractivity contribution in [1.82, 2.24) is 10.3 Å². The Bertz CT molecular complexity index is 1070. The Morgan fingerprint density at radius 1 is 0.968 bits per heavy atom. The molecule has 0 aliphatic heterocycles. The Morgan fingerprint density at radius 3 is 2.45 bits per heavy atom. The first kappa shape index (κ1) is 22.1. The van der Waals surface area contributed by atoms with Crippen LogP contribution in [-0.2, 0) is 17.8 Å². The molecule has 0 aliphatic rings. The molecule has 0 fully saturated rings. The Kier molecular flexibility index (Phi) is 7.45. The number of thiazole rings is 1. The van der Waals surface area contributed by atoms with Crippen LogP contribution in [0.15, 0.2) is 47.8 Å². The third kappa shape index (κ3) is 5.73. The number of aromatic nitrogens is 1. The van der Waals surface area contributed by atoms with Crippen LogP contribution in [0.4, 0.5) is 5.13 Å². The van der Waals surface area contributed by atoms with E-state index in [0.717, 1.165) is 11.3 Å². The van der Waals surface area contributed by atoms with E-state index >= 15 is 0 Å². The number of methoxy groups -OCH3 is 3. The van der Waals surface area contributed by atoms with Crippen molar-refractivity contribution in [3.8, 4) is 17.2 Å². The molecule has 9 heteroatoms. The minimum atomic E-state index is -0.331. The molecule has 0 bridgehead atoms. The van der Waals surface area contributed by atoms with Crippen molar-refractivity contribution in [3.63, 3.8) is 0 Å². The van der Waals surface area contributed by atoms with Crippen molar-refractivity contribution in [3.05, 3.63) is 64.7 Å². The second kappa shape index (κ2) is 10.4. The predicted octanol–water partition coefficient (Wildman–Crippen LogP) is 3.28. The minimum Gasteiger partial charge on any atom is -0.496 e. The van der Waals surface area contributed by atoms with Gasteiger partial charge in [0.2, 0.25) is 5.91 Å². The normalized spacial score (nSPS) is 10.3. The van der Waals surface area contributed by atoms with Crippen LogP contribution in [0.25, 0.3) is 0 Å². The Morgan fingerprint density at radius 2 is 1.71 bits per heavy atom. The third-order valence-electron chi connectivity index (χ3n) is 4.43. The van der Waals surface area contributed by atoms with Gasteiger partial charge in [-0.2, -0.15) is 0 Å². The van der Waals surface area contributed by atoms with Crippen LogP contribution in [0.2, 0.25) is 0 Å². The molecular formula is C22H23N3O5S. The van der Waals surface area contributed by atoms with E-state index in [0.29, 0.717) is 34.4 Å². The molecule has 0 saturated carbocycles. The molecule has 3 aromatic rings. The summed E-state index contributed by atoms with van der Waals surface area (Å²) in [6, 6.07) is 12.4. The van der Waals surface area contributed by atoms with Crippen molar-refractivity contribution in [2.45, 2.75) is 13.0 Å². The van der Waals surface area contributed by atoms with Gasteiger partial charge >= 0.3 is 0 Å². The van der Waals surface area contributed by atoms with Crippen molar-refractivity contribution >= 4 is 28.3 Å². The number of carbonyl (C=O) groups excluding carboxylic acids is 2. The predicted molar refractivity (Wildman–Crippen MR) is 118 cm³/mol. The maximum Gasteiger partial charge on any atom is 0.257 e. The van der Waals surface area contributed by atoms with Crippen molar-refractivity contribution in [1.29, 1.82) is 0 Å². The molecule has 3 rings (SSSR count). The summed E-state index contributed by atoms with van der Waals surface area (Å²) in [6.07, 6.45) is 0.109. The van der Waals surface area contributed by atoms with Crippen LogP contribution >= 0.6 is 11.3 Å². The van der Waals surface area contributed by atoms with Gasteiger partial charge in [0.15, 0.2) is 16.6 Å². The molecule has 1 heterocycles. The number of carbonyl (C=O) groups is 2. The molecule has 1 aromatic heterocycles. The summed E-state index contributed by atoms with van der Waals surface area (Å²) in [5.74, 6) is 1.21. The zero-order valence-corrected chi connectivity index (χ0v) is 18.2. The highest BCUT2D eigenvalue weighted by molar-refractivity contribution is 7.14. The summed E-state index contributed by atoms with van der Waals surface area (Å²) in [6.45, 7) is 0.357. The molecule has 31 heavy (non-hydrogen) atoms. The van der Waals surface area contributed by atoms with Crippen LogP contribution in [0.5, 0.6) is 17.2 Å². The number of ether oxygens (including phenoxy) is 3. The lowest BCUT2D eigenvalue weighted by Gasteiger charge is -2.09. The van der Waals surface area contributed by atoms with E-state index in [9.17, 15) is 9.59 Å². The summed E-state index contributed by atoms with van der Waals surface area (Å²) < 4.78 is 15.7. The van der Waals surface area contributed by atoms with Crippen LogP contribution in [-0.4, -0.2) is 38.1 Å². The number of nitrogens with zero attached hydrogens (tertiary/aromatic N) is 1. The molecule has 2 aromatic carbocycles. The fourth-order valence-electron chi connectivity index (χ4n) is 2.86. The van der Waals surface area contributed by atoms with E-state index in [4.69, 9.17) is 14.2 Å². The first-order valence-electron chi connectivity index (χ1n) is 9.40. The number of rotatable bonds is 9. The number of nitrogens with one attached hydrogen (secondary N) is 2. The molecule has 0 atom stereocenters. The zero-order chi connectivity index (χ0) is 22.2. The van der Waals surface area contributed by atoms with Crippen molar-refractivity contribution < 1.29 is 23.8 Å². The van der Waals surface area contributed by atoms with Crippen LogP contribution in [0.1, 0.15) is 21.6 Å². The second-order valence-corrected chi connectivity index (χ2v) is 7.29. The maximum absolute atomic E-state index is 12.5. The average molecular weight is 442 g/mol. The van der Waals surface area contributed by atoms with E-state index in [2.05, 4.69) is 15.6 Å². The summed E-state index contributed by atoms with van der Waals surface area (Å²) in [5, 5.41) is 7.74. The van der Waals surface area contributed by atoms with Crippen LogP contribution in [0.3, 0.4) is 0 Å². The van der Waals surface area contributed by atoms with Gasteiger partial charge in [0.1, 0.15) is 5.75 Å². The van der Waals surface area contributed by atoms with Gasteiger partial charge in [0.25, 0.3) is 5.91 Å². The fourth-order valence-corrected chi connectivity index (χ4v) is 3.57. The first-order chi connectivity index (χ1) is 15.0. The smallest absolute Gasteiger partial charge is 0.257 e. The molecule has 162 valence electrons. The lowest BCUT2D eigenvalue weighted by molar-refractivity contribution is -0.120. The molecule has 2 N–H and O–H groups in total. The zero-order valence-electron chi connectivity index (χ0n) is 17.4. The van der Waals surface area contributed by atoms with Gasteiger partial charge in [0.05, 0.1) is 33.4 Å². The van der Waals surface area contributed by atoms with Gasteiger partial charge in [-0.3, -0.25) is 14.9 Å². The molecule has 0 radical (unpaired) electrons. The number of para-hydroxylation sites is 1. The van der Waals surface area contributed by atoms with Gasteiger partial charge in [-0.15, -0.1) is 11.3 Å². The van der Waals surface area contributed by atoms with E-state index < -0.39 is 0 Å². The minimum absolute atomic E-state index is 0.109. The fraction of sp³-hybridized carbons (Fsp3) is 0.227. The third-order valence-corrected chi connectivity index (χ3v) is 5.23. The number of anilines is 1. The average Bonchev–Trinajstić information content (AvgIpc) is 3.23. The van der Waals surface area contributed by atoms with E-state index in [1.54, 1.807) is 30.7 Å². The second-order valence-electron chi connectivity index (χ2n) is 6.43. The Labute approximate surface area is 184 Å². The Balaban J connectivity index is 1.56. The summed E-state index contributed by atoms with van der Waals surface area (Å²) in [4.78, 5) is 29.1. The SMILES string of the molecule is COc1ccccc1CNC(=O)Cc1csc(NC(=O)c2ccc(OC)c(OC)c2)n1. The molecule has 0 aliphatic carbocycles. The van der Waals surface area contributed by atoms with Gasteiger partial charge in [-0.25, -0.2) is 4.98 Å². The molecule has 0 spiro atoms. The lowest BCUT2D eigenvalue weighted by atomic mass is 10.2. The van der Waals surface area contributed by atoms with Gasteiger partial charge in [0, 0.05) is 23.1 Å². The monoisotopic (exact) mass is 441 g/mol. The van der Waals surface area contributed by atoms with Crippen LogP contribution < -0.4 is 24.8 Å². The van der Waals surface area contributed by atoms with E-state index in [1.165, 1.54) is 25.6 Å². The summed E-state index contributed by atoms with van der Waals surface area (Å²) in [5.41, 5.74) is 1.87. The van der Waals surface area contributed by atoms with Gasteiger partial charge in [-0.05, 0) is 24.3 Å². The molecule has 8 nitrogen and oxygen atoms in total. The number of benzene rings is 2. The van der Waals surface area contributed by atoms with Crippen molar-refractivity contribution in [2.24, 2.45) is 0 Å². The summed E-state index contributed by atoms with van der Waals surface area (Å²) >= 11 is 1.25. The standard InChI is InChI=1S/C22H23N3O5S/c1-28-17-7-5-4-6-15(17)12-23-20(26)11-16-13-31-22(24-16)25-21(27)14-8-9-18(29-2)19(10-14)30-3/h4-10,13H,11-12H2,1-3H3,(H,23,26)(H,24,25,27). The molecular weight excluding hydrogens is 418 g/mol. The first-order valence-corrected chi connectivity index (χ1v) is 10.3. The highest BCUT2D eigenvalue weighted by Gasteiger charge is 2.14. The van der Waals surface area contributed by atoms with E-state index in [-0.39, 0.29) is 18.2 Å². The number of hydrogen-bond acceptors (Lipinski definition) is 7. The Hall–Kier alpha value is -3.59. The van der Waals surface area contributed by atoms with Gasteiger partial charge in [-0.1, -0.05) is 18.2 Å². The number of amides is 2. The molecule has 2 amide bonds. The maximum atomic E-state index is 12.5. The molecule has 0 unspecified atom stereocenters. The number of hydrogen-bond donors (Lipinski definition) is 2. The van der Waals surface area contributed by atoms with E-state index in [1.807, 2.05) is 24.3 Å². The molecule has 0 saturated heterocycles.